The molecule has 0 aliphatic rings. The van der Waals surface area contributed by atoms with Gasteiger partial charge in [0.15, 0.2) is 5.82 Å². The lowest BCUT2D eigenvalue weighted by Crippen LogP contribution is -2.13. The summed E-state index contributed by atoms with van der Waals surface area (Å²) in [5.41, 5.74) is 5.48. The molecule has 0 aromatic carbocycles. The average Bonchev–Trinajstić information content (AvgIpc) is 2.53. The molecule has 0 aliphatic carbocycles. The van der Waals surface area contributed by atoms with E-state index in [2.05, 4.69) is 43.5 Å². The van der Waals surface area contributed by atoms with Crippen LogP contribution >= 0.6 is 15.9 Å². The van der Waals surface area contributed by atoms with Gasteiger partial charge in [-0.25, -0.2) is 9.97 Å². The van der Waals surface area contributed by atoms with E-state index in [1.54, 1.807) is 6.20 Å². The van der Waals surface area contributed by atoms with Crippen molar-refractivity contribution in [2.75, 3.05) is 5.43 Å². The number of aromatic nitrogens is 3. The molecule has 0 saturated heterocycles. The lowest BCUT2D eigenvalue weighted by atomic mass is 10.5. The fraction of sp³-hybridized carbons (Fsp3) is 0.200. The van der Waals surface area contributed by atoms with Crippen LogP contribution in [0.2, 0.25) is 0 Å². The van der Waals surface area contributed by atoms with E-state index in [-0.39, 0.29) is 0 Å². The third kappa shape index (κ3) is 2.02. The maximum atomic E-state index is 4.15. The number of hydrogen-bond acceptors (Lipinski definition) is 3. The summed E-state index contributed by atoms with van der Waals surface area (Å²) in [6, 6.07) is 4.11. The first-order chi connectivity index (χ1) is 7.18. The smallest absolute Gasteiger partial charge is 0.162 e. The van der Waals surface area contributed by atoms with E-state index in [4.69, 9.17) is 0 Å². The molecule has 0 bridgehead atoms. The van der Waals surface area contributed by atoms with E-state index in [1.807, 2.05) is 18.5 Å². The van der Waals surface area contributed by atoms with Crippen molar-refractivity contribution in [3.63, 3.8) is 0 Å². The van der Waals surface area contributed by atoms with Gasteiger partial charge in [-0.3, -0.25) is 10.1 Å². The third-order valence-electron chi connectivity index (χ3n) is 2.16. The van der Waals surface area contributed by atoms with E-state index in [1.165, 1.54) is 6.33 Å². The molecular weight excluding hydrogens is 256 g/mol. The van der Waals surface area contributed by atoms with Crippen molar-refractivity contribution in [1.29, 1.82) is 0 Å². The van der Waals surface area contributed by atoms with Gasteiger partial charge in [0, 0.05) is 17.6 Å². The summed E-state index contributed by atoms with van der Waals surface area (Å²) in [6.45, 7) is 4.07. The Labute approximate surface area is 96.5 Å². The van der Waals surface area contributed by atoms with Crippen LogP contribution in [0.4, 0.5) is 5.82 Å². The Hall–Kier alpha value is -1.36. The average molecular weight is 267 g/mol. The molecule has 4 nitrogen and oxygen atoms in total. The molecule has 0 radical (unpaired) electrons. The van der Waals surface area contributed by atoms with Crippen LogP contribution in [0.25, 0.3) is 0 Å². The lowest BCUT2D eigenvalue weighted by Gasteiger charge is -2.12. The second-order valence-corrected chi connectivity index (χ2v) is 4.14. The number of anilines is 1. The molecule has 0 atom stereocenters. The van der Waals surface area contributed by atoms with Crippen molar-refractivity contribution in [3.05, 3.63) is 40.5 Å². The molecule has 5 heteroatoms. The first-order valence-electron chi connectivity index (χ1n) is 4.56. The summed E-state index contributed by atoms with van der Waals surface area (Å²) in [5, 5.41) is 0. The first kappa shape index (κ1) is 10.2. The Balaban J connectivity index is 2.34. The standard InChI is InChI=1S/C10H11BrN4/c1-7-3-4-8(2)15(7)14-10-9(11)5-12-6-13-10/h3-6H,1-2H3,(H,12,13,14). The summed E-state index contributed by atoms with van der Waals surface area (Å²) in [6.07, 6.45) is 3.23. The first-order valence-corrected chi connectivity index (χ1v) is 5.35. The van der Waals surface area contributed by atoms with Gasteiger partial charge >= 0.3 is 0 Å². The minimum Gasteiger partial charge on any atom is -0.277 e. The molecule has 2 heterocycles. The largest absolute Gasteiger partial charge is 0.277 e. The highest BCUT2D eigenvalue weighted by molar-refractivity contribution is 9.10. The Morgan fingerprint density at radius 2 is 1.93 bits per heavy atom. The van der Waals surface area contributed by atoms with Gasteiger partial charge in [-0.15, -0.1) is 0 Å². The summed E-state index contributed by atoms with van der Waals surface area (Å²) in [4.78, 5) is 8.06. The summed E-state index contributed by atoms with van der Waals surface area (Å²) in [5.74, 6) is 0.757. The van der Waals surface area contributed by atoms with Crippen LogP contribution in [0.15, 0.2) is 29.1 Å². The number of halogens is 1. The maximum absolute atomic E-state index is 4.15. The molecule has 0 amide bonds. The molecule has 2 aromatic heterocycles. The van der Waals surface area contributed by atoms with E-state index in [0.717, 1.165) is 21.7 Å². The minimum atomic E-state index is 0.757. The number of aryl methyl sites for hydroxylation is 2. The molecule has 0 saturated carbocycles. The number of nitrogens with one attached hydrogen (secondary N) is 1. The molecule has 0 fully saturated rings. The maximum Gasteiger partial charge on any atom is 0.162 e. The molecule has 0 unspecified atom stereocenters. The van der Waals surface area contributed by atoms with Crippen molar-refractivity contribution < 1.29 is 0 Å². The second kappa shape index (κ2) is 4.02. The Bertz CT molecular complexity index is 459. The molecule has 0 spiro atoms. The summed E-state index contributed by atoms with van der Waals surface area (Å²) >= 11 is 3.39. The van der Waals surface area contributed by atoms with Crippen LogP contribution in [-0.4, -0.2) is 14.6 Å². The van der Waals surface area contributed by atoms with E-state index >= 15 is 0 Å². The number of hydrogen-bond donors (Lipinski definition) is 1. The van der Waals surface area contributed by atoms with Gasteiger partial charge in [-0.2, -0.15) is 0 Å². The molecule has 2 rings (SSSR count). The van der Waals surface area contributed by atoms with Gasteiger partial charge in [0.25, 0.3) is 0 Å². The second-order valence-electron chi connectivity index (χ2n) is 3.28. The van der Waals surface area contributed by atoms with Crippen molar-refractivity contribution in [2.24, 2.45) is 0 Å². The van der Waals surface area contributed by atoms with Crippen molar-refractivity contribution in [3.8, 4) is 0 Å². The zero-order valence-corrected chi connectivity index (χ0v) is 10.1. The predicted molar refractivity (Wildman–Crippen MR) is 62.7 cm³/mol. The molecule has 1 N–H and O–H groups in total. The third-order valence-corrected chi connectivity index (χ3v) is 2.74. The zero-order chi connectivity index (χ0) is 10.8. The highest BCUT2D eigenvalue weighted by atomic mass is 79.9. The molecule has 2 aromatic rings. The van der Waals surface area contributed by atoms with Crippen LogP contribution in [0.5, 0.6) is 0 Å². The highest BCUT2D eigenvalue weighted by Gasteiger charge is 2.04. The SMILES string of the molecule is Cc1ccc(C)n1Nc1ncncc1Br. The van der Waals surface area contributed by atoms with Crippen molar-refractivity contribution in [2.45, 2.75) is 13.8 Å². The van der Waals surface area contributed by atoms with E-state index in [0.29, 0.717) is 0 Å². The van der Waals surface area contributed by atoms with Gasteiger partial charge in [-0.1, -0.05) is 0 Å². The molecule has 78 valence electrons. The van der Waals surface area contributed by atoms with Crippen LogP contribution in [0.3, 0.4) is 0 Å². The van der Waals surface area contributed by atoms with Gasteiger partial charge in [0.05, 0.1) is 4.47 Å². The van der Waals surface area contributed by atoms with Crippen LogP contribution < -0.4 is 5.43 Å². The van der Waals surface area contributed by atoms with Crippen molar-refractivity contribution in [1.82, 2.24) is 14.6 Å². The quantitative estimate of drug-likeness (QED) is 0.909. The van der Waals surface area contributed by atoms with Crippen LogP contribution in [0.1, 0.15) is 11.4 Å². The predicted octanol–water partition coefficient (Wildman–Crippen LogP) is 2.53. The highest BCUT2D eigenvalue weighted by Crippen LogP contribution is 2.18. The monoisotopic (exact) mass is 266 g/mol. The normalized spacial score (nSPS) is 10.3. The van der Waals surface area contributed by atoms with Crippen molar-refractivity contribution >= 4 is 21.7 Å². The topological polar surface area (TPSA) is 42.7 Å². The van der Waals surface area contributed by atoms with Gasteiger partial charge in [0.1, 0.15) is 6.33 Å². The van der Waals surface area contributed by atoms with Gasteiger partial charge in [0.2, 0.25) is 0 Å². The number of rotatable bonds is 2. The number of nitrogens with zero attached hydrogens (tertiary/aromatic N) is 3. The fourth-order valence-electron chi connectivity index (χ4n) is 1.35. The van der Waals surface area contributed by atoms with Crippen LogP contribution in [0, 0.1) is 13.8 Å². The summed E-state index contributed by atoms with van der Waals surface area (Å²) < 4.78 is 2.82. The van der Waals surface area contributed by atoms with Crippen LogP contribution in [-0.2, 0) is 0 Å². The minimum absolute atomic E-state index is 0.757. The van der Waals surface area contributed by atoms with E-state index < -0.39 is 0 Å². The Morgan fingerprint density at radius 3 is 2.53 bits per heavy atom. The molecular formula is C10H11BrN4. The van der Waals surface area contributed by atoms with E-state index in [9.17, 15) is 0 Å². The lowest BCUT2D eigenvalue weighted by molar-refractivity contribution is 0.866. The Morgan fingerprint density at radius 1 is 1.27 bits per heavy atom. The molecule has 15 heavy (non-hydrogen) atoms. The Kier molecular flexibility index (Phi) is 2.73. The zero-order valence-electron chi connectivity index (χ0n) is 8.53. The van der Waals surface area contributed by atoms with Gasteiger partial charge < -0.3 is 0 Å². The summed E-state index contributed by atoms with van der Waals surface area (Å²) in [7, 11) is 0. The molecule has 0 aliphatic heterocycles. The fourth-order valence-corrected chi connectivity index (χ4v) is 1.65. The van der Waals surface area contributed by atoms with Gasteiger partial charge in [-0.05, 0) is 41.9 Å².